The molecule has 0 N–H and O–H groups in total. The van der Waals surface area contributed by atoms with Crippen molar-refractivity contribution in [1.82, 2.24) is 29.8 Å². The molecule has 0 aliphatic heterocycles. The fraction of sp³-hybridized carbons (Fsp3) is 0.122. The second-order valence-electron chi connectivity index (χ2n) is 11.8. The van der Waals surface area contributed by atoms with Crippen LogP contribution in [0.5, 0.6) is 0 Å². The Morgan fingerprint density at radius 3 is 1.73 bits per heavy atom. The lowest BCUT2D eigenvalue weighted by atomic mass is 9.77. The van der Waals surface area contributed by atoms with Crippen LogP contribution in [0.1, 0.15) is 62.4 Å². The minimum atomic E-state index is -0.878. The zero-order valence-corrected chi connectivity index (χ0v) is 27.1. The second kappa shape index (κ2) is 13.8. The summed E-state index contributed by atoms with van der Waals surface area (Å²) in [4.78, 5) is 28.0. The molecule has 0 atom stereocenters. The van der Waals surface area contributed by atoms with Gasteiger partial charge in [0.25, 0.3) is 0 Å². The Morgan fingerprint density at radius 2 is 1.20 bits per heavy atom. The minimum Gasteiger partial charge on any atom is -0.321 e. The molecule has 7 rings (SSSR count). The SMILES string of the molecule is CCCc1nc(C=O)c(C=O)n1Cc1ccc(-c2ccccc2-c2nnnn2C(c2ccccc2)(c2ccccc2)c2ccccc2)cc1. The number of rotatable bonds is 12. The van der Waals surface area contributed by atoms with Crippen LogP contribution in [0.25, 0.3) is 22.5 Å². The lowest BCUT2D eigenvalue weighted by Gasteiger charge is -2.36. The molecule has 2 aromatic heterocycles. The molecular weight excluding hydrogens is 608 g/mol. The van der Waals surface area contributed by atoms with E-state index in [-0.39, 0.29) is 5.69 Å². The quantitative estimate of drug-likeness (QED) is 0.100. The van der Waals surface area contributed by atoms with Crippen molar-refractivity contribution in [3.8, 4) is 22.5 Å². The Bertz CT molecular complexity index is 2090. The summed E-state index contributed by atoms with van der Waals surface area (Å²) in [7, 11) is 0. The van der Waals surface area contributed by atoms with Gasteiger partial charge in [-0.25, -0.2) is 9.67 Å². The Hall–Kier alpha value is -6.28. The zero-order valence-electron chi connectivity index (χ0n) is 27.1. The van der Waals surface area contributed by atoms with E-state index in [1.54, 1.807) is 0 Å². The lowest BCUT2D eigenvalue weighted by molar-refractivity contribution is 0.108. The maximum atomic E-state index is 11.9. The first-order valence-electron chi connectivity index (χ1n) is 16.3. The fourth-order valence-corrected chi connectivity index (χ4v) is 6.72. The van der Waals surface area contributed by atoms with Gasteiger partial charge < -0.3 is 4.57 Å². The first kappa shape index (κ1) is 31.3. The molecule has 5 aromatic carbocycles. The highest BCUT2D eigenvalue weighted by molar-refractivity contribution is 5.87. The molecule has 0 amide bonds. The third-order valence-electron chi connectivity index (χ3n) is 8.95. The molecule has 7 aromatic rings. The third kappa shape index (κ3) is 5.67. The topological polar surface area (TPSA) is 95.6 Å². The number of carbonyl (C=O) groups excluding carboxylic acids is 2. The summed E-state index contributed by atoms with van der Waals surface area (Å²) in [6.07, 6.45) is 2.88. The van der Waals surface area contributed by atoms with E-state index in [9.17, 15) is 9.59 Å². The number of hydrogen-bond donors (Lipinski definition) is 0. The van der Waals surface area contributed by atoms with Gasteiger partial charge in [0, 0.05) is 18.5 Å². The van der Waals surface area contributed by atoms with Gasteiger partial charge in [-0.15, -0.1) is 5.10 Å². The van der Waals surface area contributed by atoms with Crippen molar-refractivity contribution in [2.45, 2.75) is 31.8 Å². The average molecular weight is 643 g/mol. The Labute approximate surface area is 284 Å². The number of hydrogen-bond acceptors (Lipinski definition) is 6. The van der Waals surface area contributed by atoms with E-state index in [1.165, 1.54) is 0 Å². The van der Waals surface area contributed by atoms with Crippen molar-refractivity contribution >= 4 is 12.6 Å². The molecule has 0 radical (unpaired) electrons. The number of nitrogens with zero attached hydrogens (tertiary/aromatic N) is 6. The standard InChI is InChI=1S/C41H34N6O2/c1-2-14-39-42-37(28-48)38(29-49)46(39)27-30-23-25-31(26-24-30)35-21-12-13-22-36(35)40-43-44-45-47(40)41(32-15-6-3-7-16-32,33-17-8-4-9-18-33)34-19-10-5-11-20-34/h3-13,15-26,28-29H,2,14,27H2,1H3. The molecule has 0 saturated carbocycles. The van der Waals surface area contributed by atoms with Crippen LogP contribution >= 0.6 is 0 Å². The molecule has 8 heteroatoms. The highest BCUT2D eigenvalue weighted by Gasteiger charge is 2.42. The van der Waals surface area contributed by atoms with Gasteiger partial charge in [0.15, 0.2) is 18.4 Å². The molecule has 0 saturated heterocycles. The summed E-state index contributed by atoms with van der Waals surface area (Å²) in [6.45, 7) is 2.48. The monoisotopic (exact) mass is 642 g/mol. The fourth-order valence-electron chi connectivity index (χ4n) is 6.72. The van der Waals surface area contributed by atoms with E-state index >= 15 is 0 Å². The molecule has 8 nitrogen and oxygen atoms in total. The van der Waals surface area contributed by atoms with Crippen LogP contribution in [0, 0.1) is 0 Å². The minimum absolute atomic E-state index is 0.180. The van der Waals surface area contributed by atoms with Crippen LogP contribution in [-0.4, -0.2) is 42.3 Å². The number of aldehydes is 2. The summed E-state index contributed by atoms with van der Waals surface area (Å²) >= 11 is 0. The van der Waals surface area contributed by atoms with Crippen LogP contribution in [0.4, 0.5) is 0 Å². The smallest absolute Gasteiger partial charge is 0.184 e. The maximum Gasteiger partial charge on any atom is 0.184 e. The molecule has 0 aliphatic carbocycles. The number of aromatic nitrogens is 6. The lowest BCUT2D eigenvalue weighted by Crippen LogP contribution is -2.39. The van der Waals surface area contributed by atoms with Crippen molar-refractivity contribution in [1.29, 1.82) is 0 Å². The number of carbonyl (C=O) groups is 2. The molecule has 0 bridgehead atoms. The zero-order chi connectivity index (χ0) is 33.6. The van der Waals surface area contributed by atoms with Crippen molar-refractivity contribution in [2.75, 3.05) is 0 Å². The van der Waals surface area contributed by atoms with E-state index in [0.29, 0.717) is 37.1 Å². The molecule has 0 spiro atoms. The van der Waals surface area contributed by atoms with Gasteiger partial charge in [0.05, 0.1) is 0 Å². The third-order valence-corrected chi connectivity index (χ3v) is 8.95. The van der Waals surface area contributed by atoms with E-state index < -0.39 is 5.54 Å². The largest absolute Gasteiger partial charge is 0.321 e. The van der Waals surface area contributed by atoms with Gasteiger partial charge in [-0.3, -0.25) is 9.59 Å². The van der Waals surface area contributed by atoms with Gasteiger partial charge in [-0.1, -0.05) is 146 Å². The van der Waals surface area contributed by atoms with E-state index in [2.05, 4.69) is 76.0 Å². The highest BCUT2D eigenvalue weighted by Crippen LogP contribution is 2.43. The number of imidazole rings is 1. The molecule has 240 valence electrons. The summed E-state index contributed by atoms with van der Waals surface area (Å²) in [6, 6.07) is 47.4. The first-order chi connectivity index (χ1) is 24.2. The van der Waals surface area contributed by atoms with Crippen LogP contribution in [0.3, 0.4) is 0 Å². The van der Waals surface area contributed by atoms with Crippen LogP contribution in [0.2, 0.25) is 0 Å². The number of tetrazole rings is 1. The van der Waals surface area contributed by atoms with Crippen LogP contribution in [-0.2, 0) is 18.5 Å². The Morgan fingerprint density at radius 1 is 0.653 bits per heavy atom. The van der Waals surface area contributed by atoms with Crippen molar-refractivity contribution in [3.05, 3.63) is 179 Å². The van der Waals surface area contributed by atoms with Gasteiger partial charge in [-0.05, 0) is 50.2 Å². The molecule has 0 unspecified atom stereocenters. The summed E-state index contributed by atoms with van der Waals surface area (Å²) < 4.78 is 3.79. The van der Waals surface area contributed by atoms with Gasteiger partial charge in [0.2, 0.25) is 0 Å². The van der Waals surface area contributed by atoms with E-state index in [0.717, 1.165) is 51.2 Å². The van der Waals surface area contributed by atoms with Crippen molar-refractivity contribution < 1.29 is 9.59 Å². The maximum absolute atomic E-state index is 11.9. The molecule has 2 heterocycles. The summed E-state index contributed by atoms with van der Waals surface area (Å²) in [5.41, 5.74) is 6.51. The van der Waals surface area contributed by atoms with Crippen molar-refractivity contribution in [2.24, 2.45) is 0 Å². The van der Waals surface area contributed by atoms with Crippen LogP contribution in [0.15, 0.2) is 140 Å². The number of aryl methyl sites for hydroxylation is 1. The Balaban J connectivity index is 1.35. The van der Waals surface area contributed by atoms with Crippen LogP contribution < -0.4 is 0 Å². The summed E-state index contributed by atoms with van der Waals surface area (Å²) in [5.74, 6) is 1.35. The first-order valence-corrected chi connectivity index (χ1v) is 16.3. The predicted octanol–water partition coefficient (Wildman–Crippen LogP) is 7.67. The van der Waals surface area contributed by atoms with Gasteiger partial charge in [0.1, 0.15) is 22.8 Å². The highest BCUT2D eigenvalue weighted by atomic mass is 16.1. The molecule has 0 fully saturated rings. The van der Waals surface area contributed by atoms with Gasteiger partial charge in [-0.2, -0.15) is 0 Å². The summed E-state index contributed by atoms with van der Waals surface area (Å²) in [5, 5.41) is 13.7. The van der Waals surface area contributed by atoms with E-state index in [1.807, 2.05) is 95.0 Å². The normalized spacial score (nSPS) is 11.4. The second-order valence-corrected chi connectivity index (χ2v) is 11.8. The number of benzene rings is 5. The Kier molecular flexibility index (Phi) is 8.84. The van der Waals surface area contributed by atoms with E-state index in [4.69, 9.17) is 5.21 Å². The predicted molar refractivity (Wildman–Crippen MR) is 189 cm³/mol. The van der Waals surface area contributed by atoms with Gasteiger partial charge >= 0.3 is 0 Å². The average Bonchev–Trinajstić information content (AvgIpc) is 3.79. The molecule has 49 heavy (non-hydrogen) atoms. The molecular formula is C41H34N6O2. The molecule has 0 aliphatic rings. The van der Waals surface area contributed by atoms with Crippen molar-refractivity contribution in [3.63, 3.8) is 0 Å².